The number of halogens is 4. The van der Waals surface area contributed by atoms with E-state index in [1.54, 1.807) is 13.2 Å². The number of ether oxygens (including phenoxy) is 1. The Balaban J connectivity index is 0.00000264. The summed E-state index contributed by atoms with van der Waals surface area (Å²) in [6.07, 6.45) is -3.63. The molecule has 0 spiro atoms. The zero-order chi connectivity index (χ0) is 16.0. The number of para-hydroxylation sites is 1. The Kier molecular flexibility index (Phi) is 7.39. The molecule has 2 aromatic carbocycles. The Morgan fingerprint density at radius 3 is 2.22 bits per heavy atom. The first-order valence-corrected chi connectivity index (χ1v) is 7.00. The van der Waals surface area contributed by atoms with E-state index in [9.17, 15) is 13.2 Å². The molecule has 0 saturated heterocycles. The first kappa shape index (κ1) is 19.3. The number of benzene rings is 2. The van der Waals surface area contributed by atoms with Gasteiger partial charge in [0, 0.05) is 6.54 Å². The van der Waals surface area contributed by atoms with Crippen molar-refractivity contribution in [3.63, 3.8) is 0 Å². The fourth-order valence-electron chi connectivity index (χ4n) is 2.31. The van der Waals surface area contributed by atoms with Crippen molar-refractivity contribution in [1.82, 2.24) is 5.32 Å². The van der Waals surface area contributed by atoms with Crippen LogP contribution in [0.5, 0.6) is 5.75 Å². The summed E-state index contributed by atoms with van der Waals surface area (Å²) in [5.74, 6) is 0.792. The van der Waals surface area contributed by atoms with Crippen LogP contribution in [0.3, 0.4) is 0 Å². The van der Waals surface area contributed by atoms with Crippen molar-refractivity contribution in [3.8, 4) is 5.75 Å². The molecule has 0 fully saturated rings. The molecule has 1 N–H and O–H groups in total. The van der Waals surface area contributed by atoms with Crippen molar-refractivity contribution in [1.29, 1.82) is 0 Å². The van der Waals surface area contributed by atoms with Crippen molar-refractivity contribution in [3.05, 3.63) is 65.2 Å². The molecule has 23 heavy (non-hydrogen) atoms. The first-order valence-electron chi connectivity index (χ1n) is 7.00. The molecule has 0 bridgehead atoms. The minimum atomic E-state index is -4.32. The monoisotopic (exact) mass is 345 g/mol. The van der Waals surface area contributed by atoms with E-state index in [2.05, 4.69) is 5.32 Å². The Morgan fingerprint density at radius 1 is 0.957 bits per heavy atom. The Labute approximate surface area is 140 Å². The van der Waals surface area contributed by atoms with Crippen molar-refractivity contribution >= 4 is 12.4 Å². The highest BCUT2D eigenvalue weighted by molar-refractivity contribution is 5.85. The molecule has 0 aliphatic heterocycles. The van der Waals surface area contributed by atoms with Crippen molar-refractivity contribution in [2.45, 2.75) is 19.1 Å². The lowest BCUT2D eigenvalue weighted by Gasteiger charge is -2.13. The summed E-state index contributed by atoms with van der Waals surface area (Å²) >= 11 is 0. The molecule has 0 saturated carbocycles. The van der Waals surface area contributed by atoms with Gasteiger partial charge in [-0.05, 0) is 36.2 Å². The molecule has 126 valence electrons. The number of alkyl halides is 3. The second kappa shape index (κ2) is 8.79. The number of nitrogens with one attached hydrogen (secondary N) is 1. The number of methoxy groups -OCH3 is 1. The van der Waals surface area contributed by atoms with E-state index < -0.39 is 11.7 Å². The predicted molar refractivity (Wildman–Crippen MR) is 87.1 cm³/mol. The van der Waals surface area contributed by atoms with Gasteiger partial charge in [0.1, 0.15) is 5.75 Å². The quantitative estimate of drug-likeness (QED) is 0.780. The van der Waals surface area contributed by atoms with E-state index in [-0.39, 0.29) is 24.5 Å². The Morgan fingerprint density at radius 2 is 1.57 bits per heavy atom. The van der Waals surface area contributed by atoms with Crippen LogP contribution in [0.4, 0.5) is 13.2 Å². The molecular weight excluding hydrogens is 327 g/mol. The SMILES string of the molecule is COc1ccccc1CCNCc1ccccc1C(F)(F)F.Cl. The van der Waals surface area contributed by atoms with E-state index in [1.807, 2.05) is 24.3 Å². The molecule has 2 rings (SSSR count). The van der Waals surface area contributed by atoms with Crippen LogP contribution in [0.1, 0.15) is 16.7 Å². The van der Waals surface area contributed by atoms with E-state index in [1.165, 1.54) is 12.1 Å². The molecule has 0 aliphatic rings. The fraction of sp³-hybridized carbons (Fsp3) is 0.294. The fourth-order valence-corrected chi connectivity index (χ4v) is 2.31. The van der Waals surface area contributed by atoms with Gasteiger partial charge < -0.3 is 10.1 Å². The summed E-state index contributed by atoms with van der Waals surface area (Å²) in [5, 5.41) is 3.06. The molecule has 0 aliphatic carbocycles. The molecule has 0 unspecified atom stereocenters. The smallest absolute Gasteiger partial charge is 0.416 e. The average Bonchev–Trinajstić information content (AvgIpc) is 2.51. The molecular formula is C17H19ClF3NO. The van der Waals surface area contributed by atoms with Gasteiger partial charge in [-0.25, -0.2) is 0 Å². The lowest BCUT2D eigenvalue weighted by molar-refractivity contribution is -0.138. The van der Waals surface area contributed by atoms with Crippen LogP contribution < -0.4 is 10.1 Å². The third kappa shape index (κ3) is 5.44. The normalized spacial score (nSPS) is 11.0. The van der Waals surface area contributed by atoms with Gasteiger partial charge in [-0.2, -0.15) is 13.2 Å². The van der Waals surface area contributed by atoms with E-state index in [0.717, 1.165) is 17.4 Å². The minimum Gasteiger partial charge on any atom is -0.496 e. The third-order valence-electron chi connectivity index (χ3n) is 3.40. The van der Waals surface area contributed by atoms with Crippen LogP contribution in [0, 0.1) is 0 Å². The molecule has 6 heteroatoms. The molecule has 0 atom stereocenters. The lowest BCUT2D eigenvalue weighted by atomic mass is 10.1. The van der Waals surface area contributed by atoms with Crippen molar-refractivity contribution in [2.24, 2.45) is 0 Å². The minimum absolute atomic E-state index is 0. The zero-order valence-electron chi connectivity index (χ0n) is 12.7. The van der Waals surface area contributed by atoms with Gasteiger partial charge in [-0.15, -0.1) is 12.4 Å². The lowest BCUT2D eigenvalue weighted by Crippen LogP contribution is -2.20. The summed E-state index contributed by atoms with van der Waals surface area (Å²) in [7, 11) is 1.60. The van der Waals surface area contributed by atoms with Gasteiger partial charge in [-0.1, -0.05) is 36.4 Å². The maximum Gasteiger partial charge on any atom is 0.416 e. The Hall–Kier alpha value is -1.72. The maximum atomic E-state index is 12.9. The van der Waals surface area contributed by atoms with Crippen LogP contribution in [0.25, 0.3) is 0 Å². The molecule has 0 radical (unpaired) electrons. The highest BCUT2D eigenvalue weighted by Crippen LogP contribution is 2.31. The summed E-state index contributed by atoms with van der Waals surface area (Å²) in [6.45, 7) is 0.761. The number of hydrogen-bond acceptors (Lipinski definition) is 2. The topological polar surface area (TPSA) is 21.3 Å². The largest absolute Gasteiger partial charge is 0.496 e. The summed E-state index contributed by atoms with van der Waals surface area (Å²) in [4.78, 5) is 0. The molecule has 2 aromatic rings. The average molecular weight is 346 g/mol. The summed E-state index contributed by atoms with van der Waals surface area (Å²) < 4.78 is 43.9. The predicted octanol–water partition coefficient (Wildman–Crippen LogP) is 4.47. The second-order valence-electron chi connectivity index (χ2n) is 4.89. The standard InChI is InChI=1S/C17H18F3NO.ClH/c1-22-16-9-5-3-6-13(16)10-11-21-12-14-7-2-4-8-15(14)17(18,19)20;/h2-9,21H,10-12H2,1H3;1H. The van der Waals surface area contributed by atoms with Gasteiger partial charge in [0.25, 0.3) is 0 Å². The zero-order valence-corrected chi connectivity index (χ0v) is 13.5. The molecule has 2 nitrogen and oxygen atoms in total. The van der Waals surface area contributed by atoms with Crippen LogP contribution in [-0.2, 0) is 19.1 Å². The van der Waals surface area contributed by atoms with E-state index in [4.69, 9.17) is 4.74 Å². The number of hydrogen-bond donors (Lipinski definition) is 1. The Bertz CT molecular complexity index is 617. The van der Waals surface area contributed by atoms with E-state index >= 15 is 0 Å². The highest BCUT2D eigenvalue weighted by atomic mass is 35.5. The van der Waals surface area contributed by atoms with Gasteiger partial charge in [0.2, 0.25) is 0 Å². The van der Waals surface area contributed by atoms with Crippen LogP contribution >= 0.6 is 12.4 Å². The van der Waals surface area contributed by atoms with Crippen molar-refractivity contribution in [2.75, 3.05) is 13.7 Å². The summed E-state index contributed by atoms with van der Waals surface area (Å²) in [6, 6.07) is 13.2. The van der Waals surface area contributed by atoms with Gasteiger partial charge >= 0.3 is 6.18 Å². The molecule has 0 heterocycles. The summed E-state index contributed by atoms with van der Waals surface area (Å²) in [5.41, 5.74) is 0.705. The van der Waals surface area contributed by atoms with Gasteiger partial charge in [0.15, 0.2) is 0 Å². The van der Waals surface area contributed by atoms with Crippen LogP contribution in [-0.4, -0.2) is 13.7 Å². The van der Waals surface area contributed by atoms with Gasteiger partial charge in [-0.3, -0.25) is 0 Å². The van der Waals surface area contributed by atoms with Crippen LogP contribution in [0.2, 0.25) is 0 Å². The third-order valence-corrected chi connectivity index (χ3v) is 3.40. The first-order chi connectivity index (χ1) is 10.5. The van der Waals surface area contributed by atoms with Crippen LogP contribution in [0.15, 0.2) is 48.5 Å². The number of rotatable bonds is 6. The maximum absolute atomic E-state index is 12.9. The van der Waals surface area contributed by atoms with E-state index in [0.29, 0.717) is 13.0 Å². The highest BCUT2D eigenvalue weighted by Gasteiger charge is 2.32. The van der Waals surface area contributed by atoms with Crippen molar-refractivity contribution < 1.29 is 17.9 Å². The molecule has 0 aromatic heterocycles. The van der Waals surface area contributed by atoms with Gasteiger partial charge in [0.05, 0.1) is 12.7 Å². The second-order valence-corrected chi connectivity index (χ2v) is 4.89. The molecule has 0 amide bonds.